The van der Waals surface area contributed by atoms with Crippen LogP contribution in [-0.2, 0) is 16.1 Å². The molecule has 7 nitrogen and oxygen atoms in total. The standard InChI is InChI=1S/C24H27N3O4/c1-26(30)24(29)22-16-21(25-31-22)19-7-9-20(10-8-19)23(28)27-13-11-18(12-14-27)15-17-5-3-2-4-6-17/h2-10,16,18,22,25,30H,11-15H2,1H3. The van der Waals surface area contributed by atoms with Crippen molar-refractivity contribution in [1.82, 2.24) is 15.4 Å². The number of rotatable bonds is 5. The first-order valence-corrected chi connectivity index (χ1v) is 10.5. The van der Waals surface area contributed by atoms with Crippen LogP contribution in [0.1, 0.15) is 34.3 Å². The van der Waals surface area contributed by atoms with Gasteiger partial charge in [-0.1, -0.05) is 42.5 Å². The van der Waals surface area contributed by atoms with Gasteiger partial charge >= 0.3 is 0 Å². The molecule has 2 aliphatic heterocycles. The van der Waals surface area contributed by atoms with Gasteiger partial charge in [0.2, 0.25) is 0 Å². The minimum atomic E-state index is -0.886. The van der Waals surface area contributed by atoms with E-state index in [4.69, 9.17) is 4.84 Å². The van der Waals surface area contributed by atoms with Crippen LogP contribution in [0.3, 0.4) is 0 Å². The molecule has 4 rings (SSSR count). The zero-order chi connectivity index (χ0) is 21.8. The molecule has 0 radical (unpaired) electrons. The number of amides is 2. The van der Waals surface area contributed by atoms with E-state index in [2.05, 4.69) is 29.7 Å². The van der Waals surface area contributed by atoms with Crippen LogP contribution in [0.5, 0.6) is 0 Å². The predicted molar refractivity (Wildman–Crippen MR) is 116 cm³/mol. The maximum atomic E-state index is 12.9. The molecule has 2 aliphatic rings. The number of carbonyl (C=O) groups is 2. The van der Waals surface area contributed by atoms with E-state index in [0.717, 1.165) is 37.9 Å². The Hall–Kier alpha value is -3.16. The van der Waals surface area contributed by atoms with Crippen molar-refractivity contribution in [3.8, 4) is 0 Å². The van der Waals surface area contributed by atoms with Gasteiger partial charge in [0.05, 0.1) is 5.70 Å². The zero-order valence-corrected chi connectivity index (χ0v) is 17.5. The van der Waals surface area contributed by atoms with E-state index in [1.54, 1.807) is 18.2 Å². The smallest absolute Gasteiger partial charge is 0.281 e. The number of hydroxylamine groups is 3. The first-order chi connectivity index (χ1) is 15.0. The maximum absolute atomic E-state index is 12.9. The van der Waals surface area contributed by atoms with E-state index >= 15 is 0 Å². The molecule has 0 bridgehead atoms. The molecule has 2 aromatic rings. The number of nitrogens with zero attached hydrogens (tertiary/aromatic N) is 2. The van der Waals surface area contributed by atoms with E-state index in [0.29, 0.717) is 22.2 Å². The summed E-state index contributed by atoms with van der Waals surface area (Å²) in [6.45, 7) is 1.55. The van der Waals surface area contributed by atoms with Crippen molar-refractivity contribution in [3.05, 3.63) is 77.4 Å². The number of benzene rings is 2. The third-order valence-electron chi connectivity index (χ3n) is 5.89. The van der Waals surface area contributed by atoms with Gasteiger partial charge in [-0.05, 0) is 54.5 Å². The third kappa shape index (κ3) is 4.95. The Labute approximate surface area is 181 Å². The molecular formula is C24H27N3O4. The number of carbonyl (C=O) groups excluding carboxylic acids is 2. The van der Waals surface area contributed by atoms with E-state index in [9.17, 15) is 14.8 Å². The lowest BCUT2D eigenvalue weighted by molar-refractivity contribution is -0.170. The largest absolute Gasteiger partial charge is 0.339 e. The van der Waals surface area contributed by atoms with Crippen molar-refractivity contribution < 1.29 is 19.6 Å². The number of likely N-dealkylation sites (tertiary alicyclic amines) is 1. The second-order valence-corrected chi connectivity index (χ2v) is 8.09. The maximum Gasteiger partial charge on any atom is 0.281 e. The highest BCUT2D eigenvalue weighted by Crippen LogP contribution is 2.24. The summed E-state index contributed by atoms with van der Waals surface area (Å²) in [7, 11) is 1.25. The van der Waals surface area contributed by atoms with Gasteiger partial charge in [0.15, 0.2) is 6.10 Å². The van der Waals surface area contributed by atoms with Gasteiger partial charge in [0, 0.05) is 25.7 Å². The van der Waals surface area contributed by atoms with Crippen LogP contribution < -0.4 is 5.48 Å². The normalized spacial score (nSPS) is 19.0. The summed E-state index contributed by atoms with van der Waals surface area (Å²) in [5.74, 6) is 0.0945. The zero-order valence-electron chi connectivity index (χ0n) is 17.5. The van der Waals surface area contributed by atoms with E-state index in [1.165, 1.54) is 12.6 Å². The summed E-state index contributed by atoms with van der Waals surface area (Å²) in [6, 6.07) is 17.8. The molecule has 2 aromatic carbocycles. The number of likely N-dealkylation sites (N-methyl/N-ethyl adjacent to an activating group) is 1. The van der Waals surface area contributed by atoms with Crippen LogP contribution in [0.15, 0.2) is 60.7 Å². The molecule has 7 heteroatoms. The Morgan fingerprint density at radius 3 is 2.42 bits per heavy atom. The SMILES string of the molecule is CN(O)C(=O)C1C=C(c2ccc(C(=O)N3CCC(Cc4ccccc4)CC3)cc2)NO1. The van der Waals surface area contributed by atoms with E-state index in [1.807, 2.05) is 23.1 Å². The van der Waals surface area contributed by atoms with Crippen LogP contribution in [0.25, 0.3) is 5.70 Å². The molecule has 0 aromatic heterocycles. The number of hydrogen-bond donors (Lipinski definition) is 2. The second-order valence-electron chi connectivity index (χ2n) is 8.09. The van der Waals surface area contributed by atoms with Gasteiger partial charge in [0.1, 0.15) is 0 Å². The second kappa shape index (κ2) is 9.32. The Balaban J connectivity index is 1.33. The lowest BCUT2D eigenvalue weighted by Crippen LogP contribution is -2.38. The fraction of sp³-hybridized carbons (Fsp3) is 0.333. The molecular weight excluding hydrogens is 394 g/mol. The van der Waals surface area contributed by atoms with Crippen LogP contribution in [0.4, 0.5) is 0 Å². The molecule has 1 atom stereocenters. The third-order valence-corrected chi connectivity index (χ3v) is 5.89. The number of piperidine rings is 1. The van der Waals surface area contributed by atoms with Gasteiger partial charge in [-0.15, -0.1) is 0 Å². The summed E-state index contributed by atoms with van der Waals surface area (Å²) < 4.78 is 0. The summed E-state index contributed by atoms with van der Waals surface area (Å²) in [5, 5.41) is 9.75. The molecule has 1 saturated heterocycles. The van der Waals surface area contributed by atoms with Crippen LogP contribution >= 0.6 is 0 Å². The van der Waals surface area contributed by atoms with Crippen LogP contribution in [0, 0.1) is 5.92 Å². The van der Waals surface area contributed by atoms with Crippen molar-refractivity contribution in [2.24, 2.45) is 5.92 Å². The topological polar surface area (TPSA) is 82.1 Å². The van der Waals surface area contributed by atoms with Gasteiger partial charge in [-0.2, -0.15) is 0 Å². The fourth-order valence-electron chi connectivity index (χ4n) is 4.07. The van der Waals surface area contributed by atoms with Gasteiger partial charge in [-0.3, -0.25) is 25.1 Å². The molecule has 31 heavy (non-hydrogen) atoms. The summed E-state index contributed by atoms with van der Waals surface area (Å²) in [6.07, 6.45) is 3.81. The molecule has 2 heterocycles. The minimum absolute atomic E-state index is 0.0456. The Morgan fingerprint density at radius 2 is 1.77 bits per heavy atom. The molecule has 2 amide bonds. The highest BCUT2D eigenvalue weighted by molar-refractivity contribution is 5.94. The summed E-state index contributed by atoms with van der Waals surface area (Å²) in [5.41, 5.74) is 6.13. The van der Waals surface area contributed by atoms with Crippen LogP contribution in [-0.4, -0.2) is 53.2 Å². The van der Waals surface area contributed by atoms with Crippen molar-refractivity contribution in [2.75, 3.05) is 20.1 Å². The molecule has 0 aliphatic carbocycles. The summed E-state index contributed by atoms with van der Waals surface area (Å²) >= 11 is 0. The van der Waals surface area contributed by atoms with Crippen molar-refractivity contribution in [1.29, 1.82) is 0 Å². The van der Waals surface area contributed by atoms with Gasteiger partial charge in [0.25, 0.3) is 11.8 Å². The van der Waals surface area contributed by atoms with Crippen LogP contribution in [0.2, 0.25) is 0 Å². The molecule has 1 unspecified atom stereocenters. The van der Waals surface area contributed by atoms with Crippen molar-refractivity contribution in [2.45, 2.75) is 25.4 Å². The average molecular weight is 421 g/mol. The quantitative estimate of drug-likeness (QED) is 0.573. The molecule has 1 fully saturated rings. The predicted octanol–water partition coefficient (Wildman–Crippen LogP) is 2.87. The first kappa shape index (κ1) is 21.1. The first-order valence-electron chi connectivity index (χ1n) is 10.5. The van der Waals surface area contributed by atoms with Gasteiger partial charge in [-0.25, -0.2) is 5.06 Å². The highest BCUT2D eigenvalue weighted by atomic mass is 16.7. The van der Waals surface area contributed by atoms with Gasteiger partial charge < -0.3 is 4.90 Å². The lowest BCUT2D eigenvalue weighted by Gasteiger charge is -2.32. The summed E-state index contributed by atoms with van der Waals surface area (Å²) in [4.78, 5) is 31.8. The van der Waals surface area contributed by atoms with E-state index < -0.39 is 12.0 Å². The number of hydrogen-bond acceptors (Lipinski definition) is 5. The molecule has 162 valence electrons. The molecule has 0 saturated carbocycles. The Kier molecular flexibility index (Phi) is 6.34. The van der Waals surface area contributed by atoms with Crippen molar-refractivity contribution in [3.63, 3.8) is 0 Å². The lowest BCUT2D eigenvalue weighted by atomic mass is 9.90. The fourth-order valence-corrected chi connectivity index (χ4v) is 4.07. The Bertz CT molecular complexity index is 949. The monoisotopic (exact) mass is 421 g/mol. The molecule has 0 spiro atoms. The Morgan fingerprint density at radius 1 is 1.10 bits per heavy atom. The minimum Gasteiger partial charge on any atom is -0.339 e. The van der Waals surface area contributed by atoms with Crippen molar-refractivity contribution >= 4 is 17.5 Å². The highest BCUT2D eigenvalue weighted by Gasteiger charge is 2.27. The molecule has 2 N–H and O–H groups in total. The number of nitrogens with one attached hydrogen (secondary N) is 1. The van der Waals surface area contributed by atoms with E-state index in [-0.39, 0.29) is 5.91 Å². The average Bonchev–Trinajstić information content (AvgIpc) is 3.29.